The summed E-state index contributed by atoms with van der Waals surface area (Å²) in [6.07, 6.45) is 0. The molecule has 1 heterocycles. The summed E-state index contributed by atoms with van der Waals surface area (Å²) in [6.45, 7) is 1.93. The van der Waals surface area contributed by atoms with Gasteiger partial charge in [0.15, 0.2) is 0 Å². The third-order valence-electron chi connectivity index (χ3n) is 4.48. The normalized spacial score (nSPS) is 14.4. The van der Waals surface area contributed by atoms with Crippen LogP contribution in [0.25, 0.3) is 10.8 Å². The Morgan fingerprint density at radius 2 is 1.70 bits per heavy atom. The molecule has 6 heteroatoms. The first-order valence-electron chi connectivity index (χ1n) is 8.27. The van der Waals surface area contributed by atoms with E-state index in [0.717, 1.165) is 30.5 Å². The first-order valence-corrected chi connectivity index (χ1v) is 9.72. The van der Waals surface area contributed by atoms with Crippen LogP contribution in [0.5, 0.6) is 0 Å². The van der Waals surface area contributed by atoms with Gasteiger partial charge in [-0.15, -0.1) is 0 Å². The highest BCUT2D eigenvalue weighted by Gasteiger charge is 2.39. The molecule has 27 heavy (non-hydrogen) atoms. The summed E-state index contributed by atoms with van der Waals surface area (Å²) >= 11 is 8.48. The number of imide groups is 1. The molecule has 1 N–H and O–H groups in total. The Balaban J connectivity index is 1.75. The Bertz CT molecular complexity index is 1130. The van der Waals surface area contributed by atoms with Gasteiger partial charge in [0.2, 0.25) is 0 Å². The molecule has 0 saturated carbocycles. The zero-order valence-electron chi connectivity index (χ0n) is 14.3. The van der Waals surface area contributed by atoms with Gasteiger partial charge in [-0.3, -0.25) is 9.59 Å². The van der Waals surface area contributed by atoms with Crippen LogP contribution in [0.3, 0.4) is 0 Å². The van der Waals surface area contributed by atoms with E-state index in [1.54, 1.807) is 6.07 Å². The van der Waals surface area contributed by atoms with Gasteiger partial charge in [0.1, 0.15) is 10.7 Å². The van der Waals surface area contributed by atoms with Crippen LogP contribution < -0.4 is 10.2 Å². The third-order valence-corrected chi connectivity index (χ3v) is 5.50. The predicted octanol–water partition coefficient (Wildman–Crippen LogP) is 5.19. The first-order chi connectivity index (χ1) is 13.0. The van der Waals surface area contributed by atoms with Gasteiger partial charge in [0, 0.05) is 14.6 Å². The van der Waals surface area contributed by atoms with Crippen molar-refractivity contribution < 1.29 is 9.59 Å². The summed E-state index contributed by atoms with van der Waals surface area (Å²) in [7, 11) is 0. The minimum atomic E-state index is -0.524. The minimum absolute atomic E-state index is 0.0962. The van der Waals surface area contributed by atoms with Gasteiger partial charge in [-0.05, 0) is 64.7 Å². The summed E-state index contributed by atoms with van der Waals surface area (Å²) in [5.41, 5.74) is 2.32. The van der Waals surface area contributed by atoms with Gasteiger partial charge in [-0.2, -0.15) is 0 Å². The van der Waals surface area contributed by atoms with Gasteiger partial charge in [0.05, 0.1) is 5.69 Å². The van der Waals surface area contributed by atoms with Gasteiger partial charge in [-0.1, -0.05) is 48.0 Å². The lowest BCUT2D eigenvalue weighted by Gasteiger charge is -2.17. The van der Waals surface area contributed by atoms with Crippen molar-refractivity contribution in [2.45, 2.75) is 6.92 Å². The number of hydrogen-bond donors (Lipinski definition) is 1. The Hall–Kier alpha value is -2.38. The maximum Gasteiger partial charge on any atom is 0.283 e. The van der Waals surface area contributed by atoms with Crippen LogP contribution in [-0.2, 0) is 9.59 Å². The van der Waals surface area contributed by atoms with Crippen LogP contribution >= 0.6 is 34.2 Å². The number of amides is 2. The van der Waals surface area contributed by atoms with Crippen molar-refractivity contribution in [1.29, 1.82) is 0 Å². The van der Waals surface area contributed by atoms with E-state index >= 15 is 0 Å². The molecule has 3 aromatic carbocycles. The molecule has 134 valence electrons. The van der Waals surface area contributed by atoms with E-state index in [1.165, 1.54) is 0 Å². The van der Waals surface area contributed by atoms with Gasteiger partial charge in [-0.25, -0.2) is 4.90 Å². The highest BCUT2D eigenvalue weighted by atomic mass is 127. The minimum Gasteiger partial charge on any atom is -0.349 e. The van der Waals surface area contributed by atoms with Crippen molar-refractivity contribution in [3.63, 3.8) is 0 Å². The van der Waals surface area contributed by atoms with Crippen LogP contribution in [0.15, 0.2) is 71.4 Å². The maximum atomic E-state index is 13.1. The molecule has 0 unspecified atom stereocenters. The molecule has 4 rings (SSSR count). The van der Waals surface area contributed by atoms with Crippen LogP contribution in [-0.4, -0.2) is 11.8 Å². The summed E-state index contributed by atoms with van der Waals surface area (Å²) in [5.74, 6) is -0.983. The van der Waals surface area contributed by atoms with E-state index in [2.05, 4.69) is 27.9 Å². The Kier molecular flexibility index (Phi) is 4.65. The van der Waals surface area contributed by atoms with Crippen molar-refractivity contribution in [3.05, 3.63) is 80.5 Å². The van der Waals surface area contributed by atoms with E-state index in [1.807, 2.05) is 61.5 Å². The van der Waals surface area contributed by atoms with E-state index in [9.17, 15) is 9.59 Å². The Morgan fingerprint density at radius 1 is 0.963 bits per heavy atom. The van der Waals surface area contributed by atoms with Gasteiger partial charge in [0.25, 0.3) is 11.8 Å². The SMILES string of the molecule is Cc1cc(I)ccc1NC1=C(Cl)C(=O)N(c2cccc3ccccc23)C1=O. The van der Waals surface area contributed by atoms with Crippen LogP contribution in [0.4, 0.5) is 11.4 Å². The molecule has 3 aromatic rings. The topological polar surface area (TPSA) is 49.4 Å². The lowest BCUT2D eigenvalue weighted by molar-refractivity contribution is -0.120. The van der Waals surface area contributed by atoms with Crippen molar-refractivity contribution in [2.75, 3.05) is 10.2 Å². The Labute approximate surface area is 174 Å². The average Bonchev–Trinajstić information content (AvgIpc) is 2.86. The monoisotopic (exact) mass is 488 g/mol. The van der Waals surface area contributed by atoms with Crippen molar-refractivity contribution in [3.8, 4) is 0 Å². The van der Waals surface area contributed by atoms with E-state index in [4.69, 9.17) is 11.6 Å². The molecule has 0 atom stereocenters. The molecule has 0 radical (unpaired) electrons. The molecule has 4 nitrogen and oxygen atoms in total. The lowest BCUT2D eigenvalue weighted by atomic mass is 10.1. The molecule has 1 aliphatic rings. The summed E-state index contributed by atoms with van der Waals surface area (Å²) in [6, 6.07) is 18.9. The first kappa shape index (κ1) is 18.0. The number of anilines is 2. The molecular weight excluding hydrogens is 475 g/mol. The predicted molar refractivity (Wildman–Crippen MR) is 117 cm³/mol. The summed E-state index contributed by atoms with van der Waals surface area (Å²) in [4.78, 5) is 27.0. The number of carbonyl (C=O) groups is 2. The summed E-state index contributed by atoms with van der Waals surface area (Å²) < 4.78 is 1.09. The second kappa shape index (κ2) is 6.98. The third kappa shape index (κ3) is 3.11. The zero-order chi connectivity index (χ0) is 19.1. The molecule has 0 bridgehead atoms. The highest BCUT2D eigenvalue weighted by Crippen LogP contribution is 2.34. The number of nitrogens with one attached hydrogen (secondary N) is 1. The molecule has 0 aliphatic carbocycles. The highest BCUT2D eigenvalue weighted by molar-refractivity contribution is 14.1. The number of rotatable bonds is 3. The zero-order valence-corrected chi connectivity index (χ0v) is 17.2. The number of fused-ring (bicyclic) bond motifs is 1. The average molecular weight is 489 g/mol. The second-order valence-electron chi connectivity index (χ2n) is 6.22. The molecule has 0 spiro atoms. The molecule has 2 amide bonds. The second-order valence-corrected chi connectivity index (χ2v) is 7.84. The van der Waals surface area contributed by atoms with E-state index < -0.39 is 11.8 Å². The van der Waals surface area contributed by atoms with Crippen LogP contribution in [0.1, 0.15) is 5.56 Å². The smallest absolute Gasteiger partial charge is 0.283 e. The van der Waals surface area contributed by atoms with Crippen molar-refractivity contribution in [1.82, 2.24) is 0 Å². The number of nitrogens with zero attached hydrogens (tertiary/aromatic N) is 1. The van der Waals surface area contributed by atoms with Crippen molar-refractivity contribution in [2.24, 2.45) is 0 Å². The fourth-order valence-corrected chi connectivity index (χ4v) is 3.99. The maximum absolute atomic E-state index is 13.1. The number of carbonyl (C=O) groups excluding carboxylic acids is 2. The van der Waals surface area contributed by atoms with Crippen LogP contribution in [0, 0.1) is 10.5 Å². The molecule has 0 fully saturated rings. The molecule has 1 aliphatic heterocycles. The largest absolute Gasteiger partial charge is 0.349 e. The van der Waals surface area contributed by atoms with Gasteiger partial charge < -0.3 is 5.32 Å². The summed E-state index contributed by atoms with van der Waals surface area (Å²) in [5, 5.41) is 4.70. The standard InChI is InChI=1S/C21H14ClIN2O2/c1-12-11-14(23)9-10-16(12)24-19-18(22)20(26)25(21(19)27)17-8-4-6-13-5-2-3-7-15(13)17/h2-11,24H,1H3. The fraction of sp³-hybridized carbons (Fsp3) is 0.0476. The van der Waals surface area contributed by atoms with E-state index in [-0.39, 0.29) is 10.7 Å². The molecular formula is C21H14ClIN2O2. The van der Waals surface area contributed by atoms with Gasteiger partial charge >= 0.3 is 0 Å². The lowest BCUT2D eigenvalue weighted by Crippen LogP contribution is -2.32. The molecule has 0 saturated heterocycles. The fourth-order valence-electron chi connectivity index (χ4n) is 3.14. The number of halogens is 2. The number of hydrogen-bond acceptors (Lipinski definition) is 3. The number of benzene rings is 3. The van der Waals surface area contributed by atoms with Crippen molar-refractivity contribution >= 4 is 68.2 Å². The molecule has 0 aromatic heterocycles. The quantitative estimate of drug-likeness (QED) is 0.408. The number of aryl methyl sites for hydroxylation is 1. The Morgan fingerprint density at radius 3 is 2.48 bits per heavy atom. The van der Waals surface area contributed by atoms with Crippen LogP contribution in [0.2, 0.25) is 0 Å². The van der Waals surface area contributed by atoms with E-state index in [0.29, 0.717) is 5.69 Å².